The lowest BCUT2D eigenvalue weighted by Crippen LogP contribution is -2.47. The number of hydrogen-bond donors (Lipinski definition) is 1. The van der Waals surface area contributed by atoms with Gasteiger partial charge in [-0.05, 0) is 115 Å². The average molecular weight is 837 g/mol. The molecule has 2 aliphatic heterocycles. The number of allylic oxidation sites excluding steroid dienone is 2. The Morgan fingerprint density at radius 2 is 1.83 bits per heavy atom. The summed E-state index contributed by atoms with van der Waals surface area (Å²) in [6, 6.07) is 1.18. The number of rotatable bonds is 9. The Kier molecular flexibility index (Phi) is 12.0. The Hall–Kier alpha value is -3.65. The molecule has 2 aromatic heterocycles. The summed E-state index contributed by atoms with van der Waals surface area (Å²) in [5.41, 5.74) is 1.97. The van der Waals surface area contributed by atoms with Crippen molar-refractivity contribution in [2.75, 3.05) is 6.54 Å². The topological polar surface area (TPSA) is 162 Å². The van der Waals surface area contributed by atoms with Gasteiger partial charge in [-0.3, -0.25) is 23.9 Å². The molecule has 58 heavy (non-hydrogen) atoms. The van der Waals surface area contributed by atoms with Gasteiger partial charge in [0.1, 0.15) is 22.4 Å². The first-order valence-electron chi connectivity index (χ1n) is 21.3. The van der Waals surface area contributed by atoms with E-state index in [4.69, 9.17) is 19.4 Å². The third kappa shape index (κ3) is 9.22. The number of nitrogens with one attached hydrogen (secondary N) is 1. The second-order valence-electron chi connectivity index (χ2n) is 18.9. The maximum atomic E-state index is 14.8. The number of Topliss-reactive ketones (excluding diaryl/α,β-unsaturated/α-hetero) is 1. The van der Waals surface area contributed by atoms with Crippen LogP contribution in [0.4, 0.5) is 0 Å². The number of nitrogens with zero attached hydrogens (tertiary/aromatic N) is 3. The van der Waals surface area contributed by atoms with Crippen LogP contribution >= 0.6 is 11.3 Å². The Balaban J connectivity index is 1.21. The normalized spacial score (nSPS) is 28.0. The second kappa shape index (κ2) is 16.4. The number of aryl methyl sites for hydroxylation is 1. The van der Waals surface area contributed by atoms with Crippen molar-refractivity contribution in [1.82, 2.24) is 19.6 Å². The van der Waals surface area contributed by atoms with Crippen molar-refractivity contribution < 1.29 is 37.1 Å². The van der Waals surface area contributed by atoms with Crippen molar-refractivity contribution in [2.45, 2.75) is 166 Å². The fourth-order valence-electron chi connectivity index (χ4n) is 8.74. The van der Waals surface area contributed by atoms with E-state index in [2.05, 4.69) is 30.0 Å². The Morgan fingerprint density at radius 1 is 1.07 bits per heavy atom. The number of amides is 2. The van der Waals surface area contributed by atoms with Crippen molar-refractivity contribution in [3.8, 4) is 16.6 Å². The molecule has 4 heterocycles. The van der Waals surface area contributed by atoms with E-state index in [-0.39, 0.29) is 49.3 Å². The van der Waals surface area contributed by atoms with E-state index in [0.717, 1.165) is 66.9 Å². The zero-order chi connectivity index (χ0) is 41.6. The summed E-state index contributed by atoms with van der Waals surface area (Å²) in [6.07, 6.45) is 11.8. The van der Waals surface area contributed by atoms with Gasteiger partial charge in [0.25, 0.3) is 0 Å². The lowest BCUT2D eigenvalue weighted by Gasteiger charge is -2.29. The molecule has 2 saturated carbocycles. The minimum atomic E-state index is -3.94. The molecule has 5 aliphatic rings. The van der Waals surface area contributed by atoms with Gasteiger partial charge in [-0.1, -0.05) is 38.8 Å². The van der Waals surface area contributed by atoms with Crippen LogP contribution in [0.15, 0.2) is 23.6 Å². The van der Waals surface area contributed by atoms with Gasteiger partial charge in [0.15, 0.2) is 5.78 Å². The highest BCUT2D eigenvalue weighted by Crippen LogP contribution is 2.57. The molecule has 1 saturated heterocycles. The van der Waals surface area contributed by atoms with Crippen LogP contribution in [0.5, 0.6) is 5.88 Å². The number of ether oxygens (including phenoxy) is 2. The van der Waals surface area contributed by atoms with E-state index >= 15 is 0 Å². The first-order valence-corrected chi connectivity index (χ1v) is 23.7. The number of hydrogen-bond acceptors (Lipinski definition) is 11. The zero-order valence-electron chi connectivity index (χ0n) is 34.9. The molecule has 0 radical (unpaired) electrons. The molecule has 5 atom stereocenters. The highest BCUT2D eigenvalue weighted by Gasteiger charge is 2.62. The first-order chi connectivity index (χ1) is 27.4. The van der Waals surface area contributed by atoms with Crippen LogP contribution in [0.25, 0.3) is 10.7 Å². The molecule has 2 amide bonds. The van der Waals surface area contributed by atoms with E-state index < -0.39 is 55.7 Å². The minimum Gasteiger partial charge on any atom is -0.472 e. The lowest BCUT2D eigenvalue weighted by atomic mass is 9.90. The van der Waals surface area contributed by atoms with Crippen LogP contribution in [-0.4, -0.2) is 75.9 Å². The van der Waals surface area contributed by atoms with Crippen molar-refractivity contribution in [3.05, 3.63) is 40.4 Å². The Bertz CT molecular complexity index is 2070. The summed E-state index contributed by atoms with van der Waals surface area (Å²) in [5.74, 6) is -2.02. The van der Waals surface area contributed by atoms with Gasteiger partial charge in [0, 0.05) is 29.7 Å². The van der Waals surface area contributed by atoms with Crippen LogP contribution in [0.3, 0.4) is 0 Å². The van der Waals surface area contributed by atoms with Gasteiger partial charge >= 0.3 is 5.97 Å². The molecule has 2 aromatic rings. The number of aromatic nitrogens is 2. The number of carbonyl (C=O) groups is 4. The molecule has 316 valence electrons. The summed E-state index contributed by atoms with van der Waals surface area (Å²) in [7, 11) is -3.94. The molecule has 3 fully saturated rings. The van der Waals surface area contributed by atoms with Gasteiger partial charge in [-0.2, -0.15) is 0 Å². The second-order valence-corrected chi connectivity index (χ2v) is 22.0. The first kappa shape index (κ1) is 42.5. The number of sulfonamides is 1. The smallest absolute Gasteiger partial charge is 0.307 e. The van der Waals surface area contributed by atoms with Gasteiger partial charge in [-0.15, -0.1) is 11.3 Å². The summed E-state index contributed by atoms with van der Waals surface area (Å²) >= 11 is 1.55. The number of esters is 1. The van der Waals surface area contributed by atoms with Crippen LogP contribution < -0.4 is 9.46 Å². The molecule has 0 aromatic carbocycles. The van der Waals surface area contributed by atoms with E-state index in [1.165, 1.54) is 5.56 Å². The summed E-state index contributed by atoms with van der Waals surface area (Å²) < 4.78 is 40.4. The predicted molar refractivity (Wildman–Crippen MR) is 222 cm³/mol. The Labute approximate surface area is 347 Å². The number of pyridine rings is 1. The van der Waals surface area contributed by atoms with Crippen molar-refractivity contribution in [2.24, 2.45) is 17.3 Å². The third-order valence-electron chi connectivity index (χ3n) is 12.7. The fourth-order valence-corrected chi connectivity index (χ4v) is 11.0. The molecule has 1 N–H and O–H groups in total. The highest BCUT2D eigenvalue weighted by molar-refractivity contribution is 7.91. The zero-order valence-corrected chi connectivity index (χ0v) is 36.6. The average Bonchev–Trinajstić information content (AvgIpc) is 3.92. The summed E-state index contributed by atoms with van der Waals surface area (Å²) in [6.45, 7) is 11.3. The number of ketones is 1. The molecule has 12 nitrogen and oxygen atoms in total. The van der Waals surface area contributed by atoms with Crippen LogP contribution in [0, 0.1) is 17.3 Å². The third-order valence-corrected chi connectivity index (χ3v) is 15.8. The largest absolute Gasteiger partial charge is 0.472 e. The minimum absolute atomic E-state index is 0.102. The van der Waals surface area contributed by atoms with Crippen molar-refractivity contribution in [3.63, 3.8) is 0 Å². The molecule has 7 rings (SSSR count). The standard InChI is InChI=1S/C44H60N4O8S2/c1-27(2)34-26-57-39(46-34)33-20-28-14-12-13-17-32(28)38(45-33)55-31-22-35-36(49)24-44(41(52)47-58(53,54)43(6)18-19-43)23-30(44)16-11-9-7-8-10-15-29(40(51)48(35)25-31)21-37(50)56-42(3,4)5/h11,16,20,26-27,29-31,35H,7-10,12-15,17-19,21-25H2,1-6H3,(H,47,52)/b16-11-/t29-,30-,31-,35+,44-/m1/s1. The number of fused-ring (bicyclic) bond motifs is 3. The van der Waals surface area contributed by atoms with E-state index in [9.17, 15) is 27.6 Å². The van der Waals surface area contributed by atoms with E-state index in [1.54, 1.807) is 43.9 Å². The fraction of sp³-hybridized carbons (Fsp3) is 0.682. The highest BCUT2D eigenvalue weighted by atomic mass is 32.2. The monoisotopic (exact) mass is 836 g/mol. The van der Waals surface area contributed by atoms with Gasteiger partial charge < -0.3 is 14.4 Å². The maximum absolute atomic E-state index is 14.8. The van der Waals surface area contributed by atoms with Gasteiger partial charge in [0.05, 0.1) is 34.9 Å². The predicted octanol–water partition coefficient (Wildman–Crippen LogP) is 7.39. The van der Waals surface area contributed by atoms with Crippen LogP contribution in [0.2, 0.25) is 0 Å². The molecule has 3 aliphatic carbocycles. The number of thiazole rings is 1. The lowest BCUT2D eigenvalue weighted by molar-refractivity contribution is -0.159. The van der Waals surface area contributed by atoms with Crippen molar-refractivity contribution in [1.29, 1.82) is 0 Å². The molecular weight excluding hydrogens is 777 g/mol. The Morgan fingerprint density at radius 3 is 2.53 bits per heavy atom. The summed E-state index contributed by atoms with van der Waals surface area (Å²) in [4.78, 5) is 68.2. The quantitative estimate of drug-likeness (QED) is 0.199. The van der Waals surface area contributed by atoms with E-state index in [1.807, 2.05) is 12.2 Å². The van der Waals surface area contributed by atoms with Gasteiger partial charge in [-0.25, -0.2) is 18.4 Å². The van der Waals surface area contributed by atoms with Crippen molar-refractivity contribution >= 4 is 44.9 Å². The molecular formula is C44H60N4O8S2. The maximum Gasteiger partial charge on any atom is 0.307 e. The molecule has 0 bridgehead atoms. The SMILES string of the molecule is CC(C)c1csc(-c2cc3c(c(O[C@@H]4C[C@H]5C(=O)C[C@]6(C(=O)NS(=O)(=O)C7(C)CC7)C[C@H]6/C=C\CCCCC[C@H](CC(=O)OC(C)(C)C)C(=O)N5C4)n2)CCCC3)n1. The van der Waals surface area contributed by atoms with Gasteiger partial charge in [0.2, 0.25) is 27.7 Å². The summed E-state index contributed by atoms with van der Waals surface area (Å²) in [5, 5.41) is 2.87. The van der Waals surface area contributed by atoms with Crippen LogP contribution in [0.1, 0.15) is 148 Å². The molecule has 14 heteroatoms. The molecule has 0 unspecified atom stereocenters. The molecule has 0 spiro atoms. The van der Waals surface area contributed by atoms with Crippen LogP contribution in [-0.2, 0) is 46.8 Å². The van der Waals surface area contributed by atoms with E-state index in [0.29, 0.717) is 38.0 Å². The number of carbonyl (C=O) groups excluding carboxylic acids is 4.